The van der Waals surface area contributed by atoms with Crippen molar-refractivity contribution < 1.29 is 24.0 Å². The SMILES string of the molecule is Nc1nc(/C(=N/OC2C=CCC2)C(=O)N[C@@H]2C(=O)N3C(C(=O)OC(c4ccccc4)c4ccccc4)=C(SCc4cn[nH]c4)CS[C@H]23)c(Cl)s1. The fraction of sp³-hybridized carbons (Fsp3) is 0.235. The number of thiazole rings is 1. The molecule has 2 aliphatic heterocycles. The summed E-state index contributed by atoms with van der Waals surface area (Å²) in [6, 6.07) is 17.9. The number of aromatic amines is 1. The highest BCUT2D eigenvalue weighted by Gasteiger charge is 2.55. The molecule has 1 fully saturated rings. The molecule has 2 amide bonds. The Labute approximate surface area is 304 Å². The van der Waals surface area contributed by atoms with Crippen LogP contribution in [0.25, 0.3) is 0 Å². The van der Waals surface area contributed by atoms with Crippen LogP contribution < -0.4 is 11.1 Å². The van der Waals surface area contributed by atoms with Crippen molar-refractivity contribution in [3.63, 3.8) is 0 Å². The number of anilines is 1. The largest absolute Gasteiger partial charge is 0.448 e. The number of carbonyl (C=O) groups excluding carboxylic acids is 3. The topological polar surface area (TPSA) is 165 Å². The molecule has 3 atom stereocenters. The number of ether oxygens (including phenoxy) is 1. The van der Waals surface area contributed by atoms with Crippen LogP contribution >= 0.6 is 46.5 Å². The predicted molar refractivity (Wildman–Crippen MR) is 194 cm³/mol. The molecule has 0 spiro atoms. The van der Waals surface area contributed by atoms with Crippen LogP contribution in [0.4, 0.5) is 5.13 Å². The number of thioether (sulfide) groups is 2. The van der Waals surface area contributed by atoms with Gasteiger partial charge in [-0.05, 0) is 30.0 Å². The Morgan fingerprint density at radius 2 is 1.90 bits per heavy atom. The van der Waals surface area contributed by atoms with E-state index in [1.165, 1.54) is 28.4 Å². The minimum atomic E-state index is -0.971. The van der Waals surface area contributed by atoms with Gasteiger partial charge in [0, 0.05) is 28.2 Å². The molecule has 4 N–H and O–H groups in total. The lowest BCUT2D eigenvalue weighted by atomic mass is 10.0. The van der Waals surface area contributed by atoms with Crippen LogP contribution in [0.3, 0.4) is 0 Å². The third-order valence-corrected chi connectivity index (χ3v) is 11.8. The lowest BCUT2D eigenvalue weighted by molar-refractivity contribution is -0.154. The molecule has 16 heteroatoms. The molecule has 2 aromatic heterocycles. The number of H-pyrrole nitrogens is 1. The molecule has 7 rings (SSSR count). The van der Waals surface area contributed by atoms with E-state index in [0.717, 1.165) is 34.4 Å². The highest BCUT2D eigenvalue weighted by atomic mass is 35.5. The summed E-state index contributed by atoms with van der Waals surface area (Å²) in [5.74, 6) is -0.903. The number of fused-ring (bicyclic) bond motifs is 1. The lowest BCUT2D eigenvalue weighted by Crippen LogP contribution is -2.71. The van der Waals surface area contributed by atoms with E-state index < -0.39 is 35.3 Å². The van der Waals surface area contributed by atoms with E-state index in [2.05, 4.69) is 25.7 Å². The molecule has 4 aromatic rings. The summed E-state index contributed by atoms with van der Waals surface area (Å²) in [4.78, 5) is 53.8. The molecule has 4 heterocycles. The molecule has 2 aromatic carbocycles. The maximum Gasteiger partial charge on any atom is 0.356 e. The number of nitrogens with one attached hydrogen (secondary N) is 2. The van der Waals surface area contributed by atoms with Gasteiger partial charge in [0.15, 0.2) is 16.9 Å². The summed E-state index contributed by atoms with van der Waals surface area (Å²) in [5.41, 5.74) is 8.37. The molecular weight excluding hydrogens is 718 g/mol. The van der Waals surface area contributed by atoms with Crippen molar-refractivity contribution in [3.8, 4) is 0 Å². The first-order valence-corrected chi connectivity index (χ1v) is 18.8. The number of carbonyl (C=O) groups is 3. The minimum Gasteiger partial charge on any atom is -0.448 e. The van der Waals surface area contributed by atoms with E-state index >= 15 is 0 Å². The van der Waals surface area contributed by atoms with Crippen molar-refractivity contribution in [2.45, 2.75) is 42.2 Å². The zero-order valence-corrected chi connectivity index (χ0v) is 29.4. The molecule has 256 valence electrons. The number of benzene rings is 2. The molecule has 1 aliphatic carbocycles. The van der Waals surface area contributed by atoms with Crippen LogP contribution in [-0.4, -0.2) is 66.8 Å². The number of hydrogen-bond donors (Lipinski definition) is 3. The van der Waals surface area contributed by atoms with Gasteiger partial charge in [-0.2, -0.15) is 5.10 Å². The number of β-lactam (4-membered cyclic amide) rings is 1. The van der Waals surface area contributed by atoms with Gasteiger partial charge in [-0.15, -0.1) is 23.5 Å². The quantitative estimate of drug-likeness (QED) is 0.0561. The van der Waals surface area contributed by atoms with Gasteiger partial charge in [-0.3, -0.25) is 19.6 Å². The zero-order chi connectivity index (χ0) is 34.6. The summed E-state index contributed by atoms with van der Waals surface area (Å²) in [5, 5.41) is 13.3. The van der Waals surface area contributed by atoms with Gasteiger partial charge in [0.1, 0.15) is 33.2 Å². The van der Waals surface area contributed by atoms with E-state index in [0.29, 0.717) is 22.8 Å². The van der Waals surface area contributed by atoms with Crippen molar-refractivity contribution in [2.75, 3.05) is 11.5 Å². The number of nitrogen functional groups attached to an aromatic ring is 1. The molecule has 0 saturated carbocycles. The summed E-state index contributed by atoms with van der Waals surface area (Å²) < 4.78 is 6.41. The summed E-state index contributed by atoms with van der Waals surface area (Å²) in [7, 11) is 0. The van der Waals surface area contributed by atoms with Gasteiger partial charge in [0.05, 0.1) is 6.20 Å². The Hall–Kier alpha value is -4.57. The second kappa shape index (κ2) is 15.1. The minimum absolute atomic E-state index is 0.0588. The number of nitrogens with two attached hydrogens (primary N) is 1. The Morgan fingerprint density at radius 1 is 1.16 bits per heavy atom. The Balaban J connectivity index is 1.16. The predicted octanol–water partition coefficient (Wildman–Crippen LogP) is 5.42. The van der Waals surface area contributed by atoms with Crippen molar-refractivity contribution in [3.05, 3.63) is 123 Å². The van der Waals surface area contributed by atoms with Crippen LogP contribution in [0, 0.1) is 0 Å². The van der Waals surface area contributed by atoms with E-state index in [1.54, 1.807) is 12.4 Å². The van der Waals surface area contributed by atoms with Crippen molar-refractivity contribution >= 4 is 75.1 Å². The molecule has 1 saturated heterocycles. The van der Waals surface area contributed by atoms with Gasteiger partial charge < -0.3 is 20.6 Å². The van der Waals surface area contributed by atoms with Gasteiger partial charge in [0.2, 0.25) is 0 Å². The third-order valence-electron chi connectivity index (χ3n) is 8.10. The number of halogens is 1. The molecule has 1 unspecified atom stereocenters. The van der Waals surface area contributed by atoms with Crippen LogP contribution in [0.2, 0.25) is 4.34 Å². The maximum atomic E-state index is 14.3. The smallest absolute Gasteiger partial charge is 0.356 e. The lowest BCUT2D eigenvalue weighted by Gasteiger charge is -2.49. The van der Waals surface area contributed by atoms with Gasteiger partial charge >= 0.3 is 5.97 Å². The fourth-order valence-electron chi connectivity index (χ4n) is 5.64. The first kappa shape index (κ1) is 33.9. The number of nitrogens with zero attached hydrogens (tertiary/aromatic N) is 4. The second-order valence-corrected chi connectivity index (χ2v) is 15.2. The van der Waals surface area contributed by atoms with Crippen LogP contribution in [-0.2, 0) is 29.7 Å². The van der Waals surface area contributed by atoms with Crippen LogP contribution in [0.15, 0.2) is 101 Å². The maximum absolute atomic E-state index is 14.3. The standard InChI is InChI=1S/C34H30ClN7O5S3/c35-29-24(40-34(36)50-29)25(41-47-22-13-7-8-14-22)30(43)39-26-31(44)42-27(23(18-49-32(26)42)48-17-19-15-37-38-16-19)33(45)46-28(20-9-3-1-4-10-20)21-11-5-2-6-12-21/h1-7,9-13,15-16,22,26,28,32H,8,14,17-18H2,(H2,36,40)(H,37,38)(H,39,43)/b41-25-/t22?,26-,32-/m1/s1. The number of rotatable bonds is 12. The molecular formula is C34H30ClN7O5S3. The summed E-state index contributed by atoms with van der Waals surface area (Å²) in [6.45, 7) is 0. The molecule has 0 bridgehead atoms. The summed E-state index contributed by atoms with van der Waals surface area (Å²) >= 11 is 10.2. The highest BCUT2D eigenvalue weighted by Crippen LogP contribution is 2.45. The van der Waals surface area contributed by atoms with Crippen molar-refractivity contribution in [1.82, 2.24) is 25.4 Å². The van der Waals surface area contributed by atoms with Crippen LogP contribution in [0.5, 0.6) is 0 Å². The first-order chi connectivity index (χ1) is 24.4. The van der Waals surface area contributed by atoms with Gasteiger partial charge in [0.25, 0.3) is 11.8 Å². The van der Waals surface area contributed by atoms with Crippen molar-refractivity contribution in [2.24, 2.45) is 5.16 Å². The van der Waals surface area contributed by atoms with Crippen molar-refractivity contribution in [1.29, 1.82) is 0 Å². The molecule has 0 radical (unpaired) electrons. The average molecular weight is 748 g/mol. The van der Waals surface area contributed by atoms with Crippen LogP contribution in [0.1, 0.15) is 41.3 Å². The Bertz CT molecular complexity index is 1930. The summed E-state index contributed by atoms with van der Waals surface area (Å²) in [6.07, 6.45) is 7.82. The highest BCUT2D eigenvalue weighted by molar-refractivity contribution is 8.05. The first-order valence-electron chi connectivity index (χ1n) is 15.6. The number of aromatic nitrogens is 3. The number of oxime groups is 1. The van der Waals surface area contributed by atoms with Gasteiger partial charge in [-0.25, -0.2) is 9.78 Å². The average Bonchev–Trinajstić information content (AvgIpc) is 3.92. The van der Waals surface area contributed by atoms with Gasteiger partial charge in [-0.1, -0.05) is 94.8 Å². The monoisotopic (exact) mass is 747 g/mol. The van der Waals surface area contributed by atoms with E-state index in [4.69, 9.17) is 26.9 Å². The number of esters is 1. The van der Waals surface area contributed by atoms with E-state index in [1.807, 2.05) is 72.8 Å². The number of hydrogen-bond acceptors (Lipinski definition) is 12. The number of allylic oxidation sites excluding steroid dienone is 1. The number of amides is 2. The van der Waals surface area contributed by atoms with E-state index in [-0.39, 0.29) is 32.7 Å². The molecule has 50 heavy (non-hydrogen) atoms. The Kier molecular flexibility index (Phi) is 10.3. The Morgan fingerprint density at radius 3 is 2.52 bits per heavy atom. The molecule has 3 aliphatic rings. The second-order valence-electron chi connectivity index (χ2n) is 11.4. The normalized spacial score (nSPS) is 20.1. The zero-order valence-electron chi connectivity index (χ0n) is 26.2. The molecule has 12 nitrogen and oxygen atoms in total. The van der Waals surface area contributed by atoms with E-state index in [9.17, 15) is 14.4 Å². The fourth-order valence-corrected chi connectivity index (χ4v) is 9.12. The third kappa shape index (κ3) is 7.17.